The predicted octanol–water partition coefficient (Wildman–Crippen LogP) is 1.97. The van der Waals surface area contributed by atoms with Crippen LogP contribution in [-0.2, 0) is 10.2 Å². The zero-order valence-electron chi connectivity index (χ0n) is 13.8. The summed E-state index contributed by atoms with van der Waals surface area (Å²) in [5, 5.41) is 32.0. The van der Waals surface area contributed by atoms with Gasteiger partial charge < -0.3 is 20.1 Å². The van der Waals surface area contributed by atoms with Crippen LogP contribution in [-0.4, -0.2) is 38.9 Å². The molecule has 1 saturated carbocycles. The summed E-state index contributed by atoms with van der Waals surface area (Å²) in [7, 11) is 0. The Morgan fingerprint density at radius 2 is 2.13 bits per heavy atom. The highest BCUT2D eigenvalue weighted by Gasteiger charge is 2.67. The molecule has 1 aliphatic carbocycles. The van der Waals surface area contributed by atoms with Crippen molar-refractivity contribution in [2.75, 3.05) is 0 Å². The van der Waals surface area contributed by atoms with Crippen LogP contribution in [0.4, 0.5) is 0 Å². The Bertz CT molecular complexity index is 653. The van der Waals surface area contributed by atoms with Gasteiger partial charge in [-0.2, -0.15) is 0 Å². The molecule has 1 fully saturated rings. The average molecular weight is 320 g/mol. The van der Waals surface area contributed by atoms with Crippen LogP contribution in [0.3, 0.4) is 0 Å². The van der Waals surface area contributed by atoms with Crippen LogP contribution in [0.25, 0.3) is 0 Å². The fourth-order valence-corrected chi connectivity index (χ4v) is 4.59. The summed E-state index contributed by atoms with van der Waals surface area (Å²) in [6.45, 7) is 5.41. The minimum Gasteiger partial charge on any atom is -0.504 e. The Balaban J connectivity index is 2.35. The molecule has 3 rings (SSSR count). The van der Waals surface area contributed by atoms with Gasteiger partial charge >= 0.3 is 0 Å². The van der Waals surface area contributed by atoms with Crippen molar-refractivity contribution in [3.63, 3.8) is 0 Å². The molecule has 1 aromatic carbocycles. The molecule has 0 spiro atoms. The molecular formula is C18H24O5. The van der Waals surface area contributed by atoms with E-state index in [-0.39, 0.29) is 30.1 Å². The van der Waals surface area contributed by atoms with Gasteiger partial charge in [-0.25, -0.2) is 0 Å². The van der Waals surface area contributed by atoms with Crippen LogP contribution in [0.1, 0.15) is 50.7 Å². The molecular weight excluding hydrogens is 296 g/mol. The van der Waals surface area contributed by atoms with Gasteiger partial charge in [0, 0.05) is 12.0 Å². The smallest absolute Gasteiger partial charge is 0.174 e. The molecule has 2 aliphatic rings. The molecule has 0 amide bonds. The fraction of sp³-hybridized carbons (Fsp3) is 0.611. The van der Waals surface area contributed by atoms with Crippen molar-refractivity contribution in [1.29, 1.82) is 0 Å². The first-order chi connectivity index (χ1) is 10.8. The normalized spacial score (nSPS) is 33.8. The number of fused-ring (bicyclic) bond motifs is 3. The summed E-state index contributed by atoms with van der Waals surface area (Å²) in [5.74, 6) is 0.160. The molecule has 4 atom stereocenters. The molecule has 1 heterocycles. The van der Waals surface area contributed by atoms with Gasteiger partial charge in [0.25, 0.3) is 0 Å². The maximum Gasteiger partial charge on any atom is 0.174 e. The van der Waals surface area contributed by atoms with Gasteiger partial charge in [-0.3, -0.25) is 4.79 Å². The third-order valence-electron chi connectivity index (χ3n) is 5.63. The van der Waals surface area contributed by atoms with Crippen LogP contribution < -0.4 is 4.74 Å². The third-order valence-corrected chi connectivity index (χ3v) is 5.63. The Hall–Kier alpha value is -1.59. The number of ketones is 1. The lowest BCUT2D eigenvalue weighted by atomic mass is 9.54. The Morgan fingerprint density at radius 3 is 2.74 bits per heavy atom. The summed E-state index contributed by atoms with van der Waals surface area (Å²) < 4.78 is 5.87. The SMILES string of the molecule is CCC[C@]12c3c(C)ccc(O)c3O[C@H]1C(=O)CC[C@@]2(O)[C@H](C)O. The number of carbonyl (C=O) groups is 1. The molecule has 5 heteroatoms. The zero-order valence-corrected chi connectivity index (χ0v) is 13.8. The lowest BCUT2D eigenvalue weighted by Crippen LogP contribution is -2.67. The van der Waals surface area contributed by atoms with E-state index in [9.17, 15) is 20.1 Å². The van der Waals surface area contributed by atoms with E-state index in [1.807, 2.05) is 13.8 Å². The monoisotopic (exact) mass is 320 g/mol. The number of aliphatic hydroxyl groups is 2. The number of phenolic OH excluding ortho intramolecular Hbond substituents is 1. The number of aryl methyl sites for hydroxylation is 1. The Kier molecular flexibility index (Phi) is 3.69. The number of phenols is 1. The van der Waals surface area contributed by atoms with E-state index < -0.39 is 23.2 Å². The largest absolute Gasteiger partial charge is 0.504 e. The van der Waals surface area contributed by atoms with Crippen molar-refractivity contribution in [3.05, 3.63) is 23.3 Å². The number of aromatic hydroxyl groups is 1. The lowest BCUT2D eigenvalue weighted by molar-refractivity contribution is -0.175. The number of hydrogen-bond donors (Lipinski definition) is 3. The first-order valence-electron chi connectivity index (χ1n) is 8.22. The standard InChI is InChI=1S/C18H24O5/c1-4-8-17-14-10(2)5-6-12(20)15(14)23-16(17)13(21)7-9-18(17,22)11(3)19/h5-6,11,16,19-20,22H,4,7-9H2,1-3H3/t11-,16-,17-,18+/m0/s1. The average Bonchev–Trinajstić information content (AvgIpc) is 2.86. The van der Waals surface area contributed by atoms with Gasteiger partial charge in [0.1, 0.15) is 5.60 Å². The quantitative estimate of drug-likeness (QED) is 0.793. The topological polar surface area (TPSA) is 87.0 Å². The molecule has 3 N–H and O–H groups in total. The highest BCUT2D eigenvalue weighted by molar-refractivity contribution is 5.89. The van der Waals surface area contributed by atoms with Gasteiger partial charge in [-0.1, -0.05) is 19.4 Å². The van der Waals surface area contributed by atoms with Gasteiger partial charge in [0.05, 0.1) is 11.5 Å². The lowest BCUT2D eigenvalue weighted by Gasteiger charge is -2.52. The number of Topliss-reactive ketones (excluding diaryl/α,β-unsaturated/α-hetero) is 1. The Morgan fingerprint density at radius 1 is 1.43 bits per heavy atom. The molecule has 126 valence electrons. The first kappa shape index (κ1) is 16.3. The second-order valence-electron chi connectivity index (χ2n) is 6.89. The summed E-state index contributed by atoms with van der Waals surface area (Å²) in [6.07, 6.45) is -0.305. The first-order valence-corrected chi connectivity index (χ1v) is 8.22. The molecule has 1 aromatic rings. The van der Waals surface area contributed by atoms with Crippen molar-refractivity contribution in [2.24, 2.45) is 0 Å². The van der Waals surface area contributed by atoms with Crippen LogP contribution in [0.15, 0.2) is 12.1 Å². The number of hydrogen-bond acceptors (Lipinski definition) is 5. The van der Waals surface area contributed by atoms with Crippen LogP contribution >= 0.6 is 0 Å². The zero-order chi connectivity index (χ0) is 17.0. The van der Waals surface area contributed by atoms with Crippen LogP contribution in [0, 0.1) is 6.92 Å². The van der Waals surface area contributed by atoms with Crippen molar-refractivity contribution >= 4 is 5.78 Å². The van der Waals surface area contributed by atoms with Gasteiger partial charge in [-0.15, -0.1) is 0 Å². The predicted molar refractivity (Wildman–Crippen MR) is 84.7 cm³/mol. The molecule has 5 nitrogen and oxygen atoms in total. The van der Waals surface area contributed by atoms with Crippen molar-refractivity contribution in [1.82, 2.24) is 0 Å². The second-order valence-corrected chi connectivity index (χ2v) is 6.89. The summed E-state index contributed by atoms with van der Waals surface area (Å²) in [6, 6.07) is 3.30. The molecule has 0 aromatic heterocycles. The summed E-state index contributed by atoms with van der Waals surface area (Å²) in [4.78, 5) is 12.6. The molecule has 0 saturated heterocycles. The van der Waals surface area contributed by atoms with E-state index in [4.69, 9.17) is 4.74 Å². The highest BCUT2D eigenvalue weighted by Crippen LogP contribution is 2.60. The molecule has 0 unspecified atom stereocenters. The number of benzene rings is 1. The van der Waals surface area contributed by atoms with E-state index in [0.717, 1.165) is 12.0 Å². The maximum absolute atomic E-state index is 12.6. The fourth-order valence-electron chi connectivity index (χ4n) is 4.59. The maximum atomic E-state index is 12.6. The van der Waals surface area contributed by atoms with E-state index in [1.54, 1.807) is 13.0 Å². The summed E-state index contributed by atoms with van der Waals surface area (Å²) in [5.41, 5.74) is -0.974. The molecule has 0 radical (unpaired) electrons. The van der Waals surface area contributed by atoms with Crippen molar-refractivity contribution in [3.8, 4) is 11.5 Å². The van der Waals surface area contributed by atoms with Gasteiger partial charge in [0.2, 0.25) is 0 Å². The van der Waals surface area contributed by atoms with Crippen molar-refractivity contribution < 1.29 is 24.9 Å². The number of aliphatic hydroxyl groups excluding tert-OH is 1. The number of rotatable bonds is 3. The molecule has 1 aliphatic heterocycles. The number of carbonyl (C=O) groups excluding carboxylic acids is 1. The van der Waals surface area contributed by atoms with Crippen LogP contribution in [0.2, 0.25) is 0 Å². The minimum atomic E-state index is -1.47. The Labute approximate surface area is 135 Å². The third kappa shape index (κ3) is 1.90. The second kappa shape index (κ2) is 5.21. The summed E-state index contributed by atoms with van der Waals surface area (Å²) >= 11 is 0. The highest BCUT2D eigenvalue weighted by atomic mass is 16.5. The van der Waals surface area contributed by atoms with Crippen LogP contribution in [0.5, 0.6) is 11.5 Å². The molecule has 0 bridgehead atoms. The van der Waals surface area contributed by atoms with E-state index in [2.05, 4.69) is 0 Å². The van der Waals surface area contributed by atoms with E-state index in [0.29, 0.717) is 12.0 Å². The van der Waals surface area contributed by atoms with Gasteiger partial charge in [0.15, 0.2) is 23.4 Å². The number of ether oxygens (including phenoxy) is 1. The van der Waals surface area contributed by atoms with E-state index >= 15 is 0 Å². The minimum absolute atomic E-state index is 0.0313. The van der Waals surface area contributed by atoms with Gasteiger partial charge in [-0.05, 0) is 38.3 Å². The van der Waals surface area contributed by atoms with Crippen molar-refractivity contribution in [2.45, 2.75) is 69.7 Å². The van der Waals surface area contributed by atoms with E-state index in [1.165, 1.54) is 6.07 Å². The molecule has 23 heavy (non-hydrogen) atoms.